The molecule has 1 atom stereocenters. The molecule has 1 amide bonds. The summed E-state index contributed by atoms with van der Waals surface area (Å²) < 4.78 is 39.2. The minimum Gasteiger partial charge on any atom is -0.503 e. The minimum atomic E-state index is -1.73. The predicted octanol–water partition coefficient (Wildman–Crippen LogP) is 1.56. The van der Waals surface area contributed by atoms with Crippen molar-refractivity contribution >= 4 is 5.91 Å². The van der Waals surface area contributed by atoms with Gasteiger partial charge >= 0.3 is 0 Å². The maximum atomic E-state index is 13.4. The number of phenols is 1. The van der Waals surface area contributed by atoms with E-state index in [4.69, 9.17) is 10.2 Å². The van der Waals surface area contributed by atoms with Gasteiger partial charge in [0.15, 0.2) is 17.4 Å². The molecule has 0 fully saturated rings. The maximum absolute atomic E-state index is 13.4. The standard InChI is InChI=1S/C12H14F3NO3/c1-6(2-3-17)5-16-12(19)7-4-8(13)10(15)11(18)9(7)14/h4,6,17-18H,2-3,5H2,1H3,(H,16,19). The zero-order valence-electron chi connectivity index (χ0n) is 10.2. The monoisotopic (exact) mass is 277 g/mol. The van der Waals surface area contributed by atoms with Crippen molar-refractivity contribution in [2.75, 3.05) is 13.2 Å². The molecule has 0 spiro atoms. The Morgan fingerprint density at radius 2 is 2.00 bits per heavy atom. The highest BCUT2D eigenvalue weighted by molar-refractivity contribution is 5.94. The van der Waals surface area contributed by atoms with Gasteiger partial charge in [0.05, 0.1) is 5.56 Å². The number of halogens is 3. The third kappa shape index (κ3) is 3.60. The Labute approximate surface area is 107 Å². The molecule has 3 N–H and O–H groups in total. The molecule has 0 aliphatic heterocycles. The molecular weight excluding hydrogens is 263 g/mol. The lowest BCUT2D eigenvalue weighted by Gasteiger charge is -2.12. The number of benzene rings is 1. The molecule has 1 unspecified atom stereocenters. The van der Waals surface area contributed by atoms with Gasteiger partial charge in [-0.05, 0) is 18.4 Å². The summed E-state index contributed by atoms with van der Waals surface area (Å²) in [6, 6.07) is 0.385. The van der Waals surface area contributed by atoms with Gasteiger partial charge in [-0.2, -0.15) is 4.39 Å². The molecule has 4 nitrogen and oxygen atoms in total. The molecule has 0 aliphatic carbocycles. The van der Waals surface area contributed by atoms with Crippen molar-refractivity contribution in [2.45, 2.75) is 13.3 Å². The van der Waals surface area contributed by atoms with E-state index in [9.17, 15) is 18.0 Å². The van der Waals surface area contributed by atoms with Crippen LogP contribution >= 0.6 is 0 Å². The van der Waals surface area contributed by atoms with Crippen LogP contribution in [0.5, 0.6) is 5.75 Å². The molecule has 1 rings (SSSR count). The topological polar surface area (TPSA) is 69.6 Å². The van der Waals surface area contributed by atoms with E-state index in [0.29, 0.717) is 12.5 Å². The van der Waals surface area contributed by atoms with Crippen molar-refractivity contribution in [2.24, 2.45) is 5.92 Å². The Hall–Kier alpha value is -1.76. The fraction of sp³-hybridized carbons (Fsp3) is 0.417. The number of aliphatic hydroxyl groups is 1. The molecule has 1 aromatic carbocycles. The molecule has 0 saturated heterocycles. The smallest absolute Gasteiger partial charge is 0.254 e. The second-order valence-corrected chi connectivity index (χ2v) is 4.21. The van der Waals surface area contributed by atoms with Gasteiger partial charge in [-0.15, -0.1) is 0 Å². The minimum absolute atomic E-state index is 0.0582. The van der Waals surface area contributed by atoms with Crippen LogP contribution in [0.25, 0.3) is 0 Å². The molecule has 106 valence electrons. The lowest BCUT2D eigenvalue weighted by atomic mass is 10.1. The summed E-state index contributed by atoms with van der Waals surface area (Å²) in [6.45, 7) is 1.82. The Morgan fingerprint density at radius 3 is 2.58 bits per heavy atom. The second-order valence-electron chi connectivity index (χ2n) is 4.21. The molecule has 0 heterocycles. The van der Waals surface area contributed by atoms with Gasteiger partial charge in [0.25, 0.3) is 5.91 Å². The summed E-state index contributed by atoms with van der Waals surface area (Å²) in [7, 11) is 0. The molecule has 19 heavy (non-hydrogen) atoms. The van der Waals surface area contributed by atoms with Gasteiger partial charge in [-0.1, -0.05) is 6.92 Å². The van der Waals surface area contributed by atoms with Crippen LogP contribution in [0, 0.1) is 23.4 Å². The van der Waals surface area contributed by atoms with Crippen LogP contribution in [-0.4, -0.2) is 29.3 Å². The Bertz CT molecular complexity index is 480. The molecule has 0 aromatic heterocycles. The number of phenolic OH excluding ortho intramolecular Hbond substituents is 1. The summed E-state index contributed by atoms with van der Waals surface area (Å²) in [5, 5.41) is 20.0. The van der Waals surface area contributed by atoms with Crippen molar-refractivity contribution in [3.63, 3.8) is 0 Å². The number of nitrogens with one attached hydrogen (secondary N) is 1. The molecule has 0 bridgehead atoms. The van der Waals surface area contributed by atoms with Gasteiger partial charge in [-0.25, -0.2) is 8.78 Å². The predicted molar refractivity (Wildman–Crippen MR) is 61.2 cm³/mol. The zero-order chi connectivity index (χ0) is 14.6. The van der Waals surface area contributed by atoms with Gasteiger partial charge in [-0.3, -0.25) is 4.79 Å². The van der Waals surface area contributed by atoms with E-state index in [1.54, 1.807) is 6.92 Å². The van der Waals surface area contributed by atoms with Crippen LogP contribution in [0.4, 0.5) is 13.2 Å². The first-order valence-corrected chi connectivity index (χ1v) is 5.64. The van der Waals surface area contributed by atoms with E-state index in [2.05, 4.69) is 5.32 Å². The maximum Gasteiger partial charge on any atom is 0.254 e. The third-order valence-corrected chi connectivity index (χ3v) is 2.61. The Kier molecular flexibility index (Phi) is 5.17. The van der Waals surface area contributed by atoms with E-state index in [-0.39, 0.29) is 19.1 Å². The number of amides is 1. The summed E-state index contributed by atoms with van der Waals surface area (Å²) in [5.41, 5.74) is -0.771. The molecule has 1 aromatic rings. The van der Waals surface area contributed by atoms with Crippen molar-refractivity contribution in [1.82, 2.24) is 5.32 Å². The van der Waals surface area contributed by atoms with Crippen molar-refractivity contribution in [3.05, 3.63) is 29.1 Å². The Morgan fingerprint density at radius 1 is 1.37 bits per heavy atom. The van der Waals surface area contributed by atoms with Gasteiger partial charge < -0.3 is 15.5 Å². The number of aliphatic hydroxyl groups excluding tert-OH is 1. The van der Waals surface area contributed by atoms with Crippen LogP contribution in [0.1, 0.15) is 23.7 Å². The van der Waals surface area contributed by atoms with E-state index in [1.165, 1.54) is 0 Å². The van der Waals surface area contributed by atoms with Crippen molar-refractivity contribution in [1.29, 1.82) is 0 Å². The number of carbonyl (C=O) groups is 1. The third-order valence-electron chi connectivity index (χ3n) is 2.61. The molecule has 0 radical (unpaired) electrons. The first-order chi connectivity index (χ1) is 8.88. The summed E-state index contributed by atoms with van der Waals surface area (Å²) >= 11 is 0. The number of hydrogen-bond acceptors (Lipinski definition) is 3. The average molecular weight is 277 g/mol. The molecule has 0 saturated carbocycles. The van der Waals surface area contributed by atoms with Gasteiger partial charge in [0.1, 0.15) is 0 Å². The SMILES string of the molecule is CC(CCO)CNC(=O)c1cc(F)c(F)c(O)c1F. The van der Waals surface area contributed by atoms with Crippen LogP contribution in [0.3, 0.4) is 0 Å². The Balaban J connectivity index is 2.83. The average Bonchev–Trinajstić information content (AvgIpc) is 2.38. The van der Waals surface area contributed by atoms with Gasteiger partial charge in [0, 0.05) is 13.2 Å². The highest BCUT2D eigenvalue weighted by Crippen LogP contribution is 2.25. The van der Waals surface area contributed by atoms with Crippen LogP contribution < -0.4 is 5.32 Å². The largest absolute Gasteiger partial charge is 0.503 e. The molecule has 7 heteroatoms. The second kappa shape index (κ2) is 6.42. The quantitative estimate of drug-likeness (QED) is 0.715. The molecular formula is C12H14F3NO3. The van der Waals surface area contributed by atoms with E-state index in [1.807, 2.05) is 0 Å². The normalized spacial score (nSPS) is 12.3. The van der Waals surface area contributed by atoms with Gasteiger partial charge in [0.2, 0.25) is 5.82 Å². The summed E-state index contributed by atoms with van der Waals surface area (Å²) in [4.78, 5) is 11.6. The van der Waals surface area contributed by atoms with Crippen LogP contribution in [-0.2, 0) is 0 Å². The van der Waals surface area contributed by atoms with E-state index >= 15 is 0 Å². The molecule has 0 aliphatic rings. The first kappa shape index (κ1) is 15.3. The highest BCUT2D eigenvalue weighted by Gasteiger charge is 2.22. The lowest BCUT2D eigenvalue weighted by Crippen LogP contribution is -2.29. The first-order valence-electron chi connectivity index (χ1n) is 5.64. The lowest BCUT2D eigenvalue weighted by molar-refractivity contribution is 0.0939. The van der Waals surface area contributed by atoms with Crippen LogP contribution in [0.15, 0.2) is 6.07 Å². The number of hydrogen-bond donors (Lipinski definition) is 3. The van der Waals surface area contributed by atoms with Crippen molar-refractivity contribution in [3.8, 4) is 5.75 Å². The number of aromatic hydroxyl groups is 1. The number of rotatable bonds is 5. The van der Waals surface area contributed by atoms with Crippen LogP contribution in [0.2, 0.25) is 0 Å². The fourth-order valence-corrected chi connectivity index (χ4v) is 1.44. The van der Waals surface area contributed by atoms with E-state index in [0.717, 1.165) is 0 Å². The zero-order valence-corrected chi connectivity index (χ0v) is 10.2. The number of carbonyl (C=O) groups excluding carboxylic acids is 1. The van der Waals surface area contributed by atoms with E-state index < -0.39 is 34.7 Å². The fourth-order valence-electron chi connectivity index (χ4n) is 1.44. The summed E-state index contributed by atoms with van der Waals surface area (Å²) in [6.07, 6.45) is 0.436. The highest BCUT2D eigenvalue weighted by atomic mass is 19.2. The summed E-state index contributed by atoms with van der Waals surface area (Å²) in [5.74, 6) is -7.29. The van der Waals surface area contributed by atoms with Crippen molar-refractivity contribution < 1.29 is 28.2 Å².